The second-order valence-electron chi connectivity index (χ2n) is 5.06. The van der Waals surface area contributed by atoms with Crippen LogP contribution in [-0.4, -0.2) is 11.7 Å². The molecule has 1 aromatic rings. The SMILES string of the molecule is Cc1ccc(C(=O)CC2CCC(F)(F)C2)cc1F. The van der Waals surface area contributed by atoms with Gasteiger partial charge >= 0.3 is 0 Å². The molecule has 1 atom stereocenters. The quantitative estimate of drug-likeness (QED) is 0.743. The highest BCUT2D eigenvalue weighted by atomic mass is 19.3. The van der Waals surface area contributed by atoms with E-state index >= 15 is 0 Å². The molecule has 1 nitrogen and oxygen atoms in total. The van der Waals surface area contributed by atoms with Crippen LogP contribution in [-0.2, 0) is 0 Å². The van der Waals surface area contributed by atoms with Gasteiger partial charge in [0.15, 0.2) is 5.78 Å². The topological polar surface area (TPSA) is 17.1 Å². The number of hydrogen-bond donors (Lipinski definition) is 0. The normalized spacial score (nSPS) is 22.1. The van der Waals surface area contributed by atoms with Crippen LogP contribution in [0.25, 0.3) is 0 Å². The Morgan fingerprint density at radius 1 is 1.44 bits per heavy atom. The summed E-state index contributed by atoms with van der Waals surface area (Å²) in [6, 6.07) is 4.27. The second-order valence-corrected chi connectivity index (χ2v) is 5.06. The van der Waals surface area contributed by atoms with Gasteiger partial charge in [0.25, 0.3) is 0 Å². The molecule has 0 N–H and O–H groups in total. The van der Waals surface area contributed by atoms with Crippen molar-refractivity contribution in [2.24, 2.45) is 5.92 Å². The van der Waals surface area contributed by atoms with E-state index in [1.54, 1.807) is 13.0 Å². The molecule has 0 radical (unpaired) electrons. The number of ketones is 1. The minimum Gasteiger partial charge on any atom is -0.294 e. The van der Waals surface area contributed by atoms with E-state index in [-0.39, 0.29) is 36.5 Å². The lowest BCUT2D eigenvalue weighted by molar-refractivity contribution is 0.00497. The monoisotopic (exact) mass is 256 g/mol. The van der Waals surface area contributed by atoms with Gasteiger partial charge in [0.2, 0.25) is 5.92 Å². The fourth-order valence-corrected chi connectivity index (χ4v) is 2.36. The Hall–Kier alpha value is -1.32. The highest BCUT2D eigenvalue weighted by molar-refractivity contribution is 5.96. The maximum Gasteiger partial charge on any atom is 0.248 e. The van der Waals surface area contributed by atoms with Crippen molar-refractivity contribution < 1.29 is 18.0 Å². The van der Waals surface area contributed by atoms with Crippen LogP contribution in [0, 0.1) is 18.7 Å². The van der Waals surface area contributed by atoms with Gasteiger partial charge in [-0.25, -0.2) is 13.2 Å². The number of carbonyl (C=O) groups excluding carboxylic acids is 1. The lowest BCUT2D eigenvalue weighted by Crippen LogP contribution is -2.12. The lowest BCUT2D eigenvalue weighted by atomic mass is 9.96. The van der Waals surface area contributed by atoms with E-state index in [0.717, 1.165) is 0 Å². The van der Waals surface area contributed by atoms with Crippen molar-refractivity contribution in [1.82, 2.24) is 0 Å². The summed E-state index contributed by atoms with van der Waals surface area (Å²) in [5.41, 5.74) is 0.743. The molecule has 1 unspecified atom stereocenters. The summed E-state index contributed by atoms with van der Waals surface area (Å²) < 4.78 is 39.3. The zero-order valence-electron chi connectivity index (χ0n) is 10.2. The van der Waals surface area contributed by atoms with Crippen LogP contribution < -0.4 is 0 Å². The summed E-state index contributed by atoms with van der Waals surface area (Å²) >= 11 is 0. The van der Waals surface area contributed by atoms with Crippen molar-refractivity contribution in [3.8, 4) is 0 Å². The number of alkyl halides is 2. The van der Waals surface area contributed by atoms with E-state index in [9.17, 15) is 18.0 Å². The Morgan fingerprint density at radius 3 is 2.72 bits per heavy atom. The largest absolute Gasteiger partial charge is 0.294 e. The van der Waals surface area contributed by atoms with Crippen molar-refractivity contribution >= 4 is 5.78 Å². The number of halogens is 3. The van der Waals surface area contributed by atoms with Gasteiger partial charge in [0, 0.05) is 24.8 Å². The molecule has 0 spiro atoms. The summed E-state index contributed by atoms with van der Waals surface area (Å²) in [6.07, 6.45) is 0.0749. The molecule has 0 bridgehead atoms. The van der Waals surface area contributed by atoms with Crippen LogP contribution in [0.15, 0.2) is 18.2 Å². The zero-order valence-corrected chi connectivity index (χ0v) is 10.2. The van der Waals surface area contributed by atoms with Gasteiger partial charge < -0.3 is 0 Å². The summed E-state index contributed by atoms with van der Waals surface area (Å²) in [6.45, 7) is 1.61. The molecule has 1 saturated carbocycles. The fourth-order valence-electron chi connectivity index (χ4n) is 2.36. The predicted octanol–water partition coefficient (Wildman–Crippen LogP) is 4.14. The van der Waals surface area contributed by atoms with Crippen molar-refractivity contribution in [2.45, 2.75) is 38.5 Å². The average Bonchev–Trinajstić information content (AvgIpc) is 2.62. The Morgan fingerprint density at radius 2 is 2.17 bits per heavy atom. The molecule has 0 amide bonds. The molecular formula is C14H15F3O. The number of hydrogen-bond acceptors (Lipinski definition) is 1. The molecule has 2 rings (SSSR count). The number of aryl methyl sites for hydroxylation is 1. The molecule has 1 fully saturated rings. The van der Waals surface area contributed by atoms with Gasteiger partial charge in [-0.2, -0.15) is 0 Å². The molecule has 98 valence electrons. The van der Waals surface area contributed by atoms with Crippen LogP contribution in [0.2, 0.25) is 0 Å². The lowest BCUT2D eigenvalue weighted by Gasteiger charge is -2.10. The van der Waals surface area contributed by atoms with Crippen LogP contribution in [0.5, 0.6) is 0 Å². The van der Waals surface area contributed by atoms with E-state index in [2.05, 4.69) is 0 Å². The molecule has 4 heteroatoms. The molecule has 0 aromatic heterocycles. The third-order valence-electron chi connectivity index (χ3n) is 3.47. The maximum absolute atomic E-state index is 13.3. The highest BCUT2D eigenvalue weighted by Crippen LogP contribution is 2.40. The third-order valence-corrected chi connectivity index (χ3v) is 3.47. The van der Waals surface area contributed by atoms with E-state index in [1.807, 2.05) is 0 Å². The minimum atomic E-state index is -2.64. The fraction of sp³-hybridized carbons (Fsp3) is 0.500. The first-order chi connectivity index (χ1) is 8.37. The van der Waals surface area contributed by atoms with Gasteiger partial charge in [-0.15, -0.1) is 0 Å². The predicted molar refractivity (Wildman–Crippen MR) is 62.4 cm³/mol. The van der Waals surface area contributed by atoms with Gasteiger partial charge in [-0.1, -0.05) is 12.1 Å². The summed E-state index contributed by atoms with van der Waals surface area (Å²) in [7, 11) is 0. The van der Waals surface area contributed by atoms with Crippen LogP contribution in [0.1, 0.15) is 41.6 Å². The van der Waals surface area contributed by atoms with Gasteiger partial charge in [0.05, 0.1) is 0 Å². The molecule has 1 aliphatic rings. The Kier molecular flexibility index (Phi) is 3.46. The standard InChI is InChI=1S/C14H15F3O/c1-9-2-3-11(7-12(9)15)13(18)6-10-4-5-14(16,17)8-10/h2-3,7,10H,4-6,8H2,1H3. The molecule has 0 heterocycles. The van der Waals surface area contributed by atoms with Gasteiger partial charge in [-0.05, 0) is 30.9 Å². The van der Waals surface area contributed by atoms with E-state index in [0.29, 0.717) is 12.0 Å². The first kappa shape index (κ1) is 13.1. The number of carbonyl (C=O) groups is 1. The number of Topliss-reactive ketones (excluding diaryl/α,β-unsaturated/α-hetero) is 1. The van der Waals surface area contributed by atoms with E-state index < -0.39 is 11.7 Å². The Bertz CT molecular complexity index is 468. The first-order valence-corrected chi connectivity index (χ1v) is 6.04. The molecule has 0 aliphatic heterocycles. The molecule has 0 saturated heterocycles. The molecule has 1 aliphatic carbocycles. The Labute approximate surface area is 104 Å². The number of benzene rings is 1. The van der Waals surface area contributed by atoms with Gasteiger partial charge in [0.1, 0.15) is 5.82 Å². The average molecular weight is 256 g/mol. The molecular weight excluding hydrogens is 241 g/mol. The van der Waals surface area contributed by atoms with Crippen LogP contribution >= 0.6 is 0 Å². The first-order valence-electron chi connectivity index (χ1n) is 6.04. The zero-order chi connectivity index (χ0) is 13.3. The summed E-state index contributed by atoms with van der Waals surface area (Å²) in [4.78, 5) is 11.9. The van der Waals surface area contributed by atoms with Crippen molar-refractivity contribution in [3.63, 3.8) is 0 Å². The van der Waals surface area contributed by atoms with E-state index in [4.69, 9.17) is 0 Å². The van der Waals surface area contributed by atoms with Crippen molar-refractivity contribution in [3.05, 3.63) is 35.1 Å². The third kappa shape index (κ3) is 2.92. The van der Waals surface area contributed by atoms with Gasteiger partial charge in [-0.3, -0.25) is 4.79 Å². The smallest absolute Gasteiger partial charge is 0.248 e. The second kappa shape index (κ2) is 4.75. The van der Waals surface area contributed by atoms with E-state index in [1.165, 1.54) is 12.1 Å². The van der Waals surface area contributed by atoms with Crippen molar-refractivity contribution in [1.29, 1.82) is 0 Å². The van der Waals surface area contributed by atoms with Crippen molar-refractivity contribution in [2.75, 3.05) is 0 Å². The number of rotatable bonds is 3. The molecule has 1 aromatic carbocycles. The maximum atomic E-state index is 13.3. The highest BCUT2D eigenvalue weighted by Gasteiger charge is 2.39. The summed E-state index contributed by atoms with van der Waals surface area (Å²) in [5.74, 6) is -3.60. The minimum absolute atomic E-state index is 0.0814. The Balaban J connectivity index is 2.02. The summed E-state index contributed by atoms with van der Waals surface area (Å²) in [5, 5.41) is 0. The van der Waals surface area contributed by atoms with Crippen LogP contribution in [0.3, 0.4) is 0 Å². The van der Waals surface area contributed by atoms with Crippen LogP contribution in [0.4, 0.5) is 13.2 Å². The molecule has 18 heavy (non-hydrogen) atoms.